The van der Waals surface area contributed by atoms with Gasteiger partial charge in [-0.15, -0.1) is 0 Å². The summed E-state index contributed by atoms with van der Waals surface area (Å²) in [5.41, 5.74) is 0. The van der Waals surface area contributed by atoms with E-state index < -0.39 is 12.0 Å². The highest BCUT2D eigenvalue weighted by molar-refractivity contribution is 5.77. The Labute approximate surface area is 132 Å². The summed E-state index contributed by atoms with van der Waals surface area (Å²) in [6.45, 7) is 8.26. The number of hydrogen-bond donors (Lipinski definition) is 2. The molecule has 6 nitrogen and oxygen atoms in total. The first-order valence-electron chi connectivity index (χ1n) is 8.02. The second kappa shape index (κ2) is 7.42. The minimum atomic E-state index is -0.847. The van der Waals surface area contributed by atoms with Crippen LogP contribution in [0.3, 0.4) is 0 Å². The fourth-order valence-electron chi connectivity index (χ4n) is 2.87. The number of piperidine rings is 1. The third-order valence-electron chi connectivity index (χ3n) is 3.96. The number of carboxylic acids is 1. The summed E-state index contributed by atoms with van der Waals surface area (Å²) < 4.78 is 0. The van der Waals surface area contributed by atoms with E-state index in [4.69, 9.17) is 0 Å². The number of aliphatic carboxylic acids is 1. The summed E-state index contributed by atoms with van der Waals surface area (Å²) in [5, 5.41) is 12.3. The summed E-state index contributed by atoms with van der Waals surface area (Å²) in [6, 6.07) is 1.23. The van der Waals surface area contributed by atoms with Gasteiger partial charge in [-0.05, 0) is 31.1 Å². The Morgan fingerprint density at radius 3 is 2.91 bits per heavy atom. The van der Waals surface area contributed by atoms with Crippen LogP contribution in [-0.4, -0.2) is 40.2 Å². The summed E-state index contributed by atoms with van der Waals surface area (Å²) in [7, 11) is 0. The molecule has 0 spiro atoms. The molecule has 122 valence electrons. The normalized spacial score (nSPS) is 20.0. The third kappa shape index (κ3) is 4.58. The number of nitrogens with one attached hydrogen (secondary N) is 1. The highest BCUT2D eigenvalue weighted by Crippen LogP contribution is 2.22. The van der Waals surface area contributed by atoms with E-state index in [0.29, 0.717) is 24.1 Å². The summed E-state index contributed by atoms with van der Waals surface area (Å²) in [5.74, 6) is 1.57. The van der Waals surface area contributed by atoms with Crippen LogP contribution in [0.15, 0.2) is 12.4 Å². The van der Waals surface area contributed by atoms with E-state index in [0.717, 1.165) is 18.9 Å². The van der Waals surface area contributed by atoms with E-state index in [1.54, 1.807) is 0 Å². The Morgan fingerprint density at radius 1 is 1.50 bits per heavy atom. The van der Waals surface area contributed by atoms with Gasteiger partial charge in [0, 0.05) is 19.2 Å². The first kappa shape index (κ1) is 16.5. The molecule has 1 aliphatic rings. The van der Waals surface area contributed by atoms with Gasteiger partial charge in [0.05, 0.1) is 0 Å². The molecule has 1 saturated heterocycles. The molecule has 1 unspecified atom stereocenters. The minimum absolute atomic E-state index is 0.304. The molecule has 0 radical (unpaired) electrons. The van der Waals surface area contributed by atoms with E-state index in [1.807, 2.05) is 19.9 Å². The Kier molecular flexibility index (Phi) is 5.57. The Balaban J connectivity index is 2.08. The van der Waals surface area contributed by atoms with Crippen molar-refractivity contribution < 1.29 is 9.90 Å². The molecule has 0 bridgehead atoms. The fraction of sp³-hybridized carbons (Fsp3) is 0.688. The highest BCUT2D eigenvalue weighted by Gasteiger charge is 2.21. The first-order chi connectivity index (χ1) is 10.5. The number of rotatable bonds is 6. The Morgan fingerprint density at radius 2 is 2.27 bits per heavy atom. The average molecular weight is 306 g/mol. The number of nitrogens with zero attached hydrogens (tertiary/aromatic N) is 3. The molecule has 1 aromatic heterocycles. The number of hydrogen-bond acceptors (Lipinski definition) is 5. The van der Waals surface area contributed by atoms with Crippen LogP contribution in [0, 0.1) is 11.8 Å². The van der Waals surface area contributed by atoms with Crippen molar-refractivity contribution in [3.63, 3.8) is 0 Å². The lowest BCUT2D eigenvalue weighted by atomic mass is 10.0. The van der Waals surface area contributed by atoms with E-state index in [2.05, 4.69) is 27.1 Å². The summed E-state index contributed by atoms with van der Waals surface area (Å²) in [4.78, 5) is 22.1. The fourth-order valence-corrected chi connectivity index (χ4v) is 2.87. The molecular weight excluding hydrogens is 280 g/mol. The second-order valence-corrected chi connectivity index (χ2v) is 6.62. The molecule has 1 aliphatic heterocycles. The van der Waals surface area contributed by atoms with Gasteiger partial charge in [-0.1, -0.05) is 20.8 Å². The predicted octanol–water partition coefficient (Wildman–Crippen LogP) is 2.62. The third-order valence-corrected chi connectivity index (χ3v) is 3.96. The molecule has 6 heteroatoms. The maximum atomic E-state index is 11.4. The number of carboxylic acid groups (broad SMARTS) is 1. The minimum Gasteiger partial charge on any atom is -0.480 e. The van der Waals surface area contributed by atoms with Crippen LogP contribution in [0.4, 0.5) is 11.6 Å². The monoisotopic (exact) mass is 306 g/mol. The van der Waals surface area contributed by atoms with Crippen molar-refractivity contribution in [2.45, 2.75) is 46.1 Å². The van der Waals surface area contributed by atoms with E-state index in [9.17, 15) is 9.90 Å². The smallest absolute Gasteiger partial charge is 0.326 e. The number of aromatic nitrogens is 2. The van der Waals surface area contributed by atoms with Gasteiger partial charge in [0.15, 0.2) is 0 Å². The molecule has 2 N–H and O–H groups in total. The molecule has 0 aromatic carbocycles. The van der Waals surface area contributed by atoms with E-state index in [1.165, 1.54) is 19.2 Å². The Hall–Kier alpha value is -1.85. The number of carbonyl (C=O) groups is 1. The van der Waals surface area contributed by atoms with Crippen molar-refractivity contribution >= 4 is 17.6 Å². The molecule has 2 rings (SSSR count). The lowest BCUT2D eigenvalue weighted by Crippen LogP contribution is -2.35. The van der Waals surface area contributed by atoms with Crippen molar-refractivity contribution in [3.05, 3.63) is 12.4 Å². The molecule has 2 atom stereocenters. The largest absolute Gasteiger partial charge is 0.480 e. The topological polar surface area (TPSA) is 78.3 Å². The zero-order valence-corrected chi connectivity index (χ0v) is 13.6. The molecule has 0 amide bonds. The van der Waals surface area contributed by atoms with Crippen LogP contribution in [0.5, 0.6) is 0 Å². The van der Waals surface area contributed by atoms with Crippen LogP contribution in [0.2, 0.25) is 0 Å². The predicted molar refractivity (Wildman–Crippen MR) is 87.1 cm³/mol. The molecule has 2 heterocycles. The molecule has 1 fully saturated rings. The summed E-state index contributed by atoms with van der Waals surface area (Å²) in [6.07, 6.45) is 4.49. The lowest BCUT2D eigenvalue weighted by Gasteiger charge is -2.32. The van der Waals surface area contributed by atoms with Gasteiger partial charge in [-0.25, -0.2) is 14.8 Å². The van der Waals surface area contributed by atoms with Gasteiger partial charge in [0.25, 0.3) is 0 Å². The quantitative estimate of drug-likeness (QED) is 0.841. The van der Waals surface area contributed by atoms with Crippen LogP contribution >= 0.6 is 0 Å². The standard InChI is InChI=1S/C16H26N4O2/c1-11(2)7-13(16(21)22)19-14-8-15(18-10-17-14)20-6-4-5-12(3)9-20/h8,10-13H,4-7,9H2,1-3H3,(H,21,22)(H,17,18,19)/t12?,13-/m0/s1. The van der Waals surface area contributed by atoms with Crippen molar-refractivity contribution in [2.75, 3.05) is 23.3 Å². The van der Waals surface area contributed by atoms with Crippen LogP contribution < -0.4 is 10.2 Å². The maximum absolute atomic E-state index is 11.4. The molecular formula is C16H26N4O2. The first-order valence-corrected chi connectivity index (χ1v) is 8.02. The van der Waals surface area contributed by atoms with E-state index >= 15 is 0 Å². The molecule has 0 saturated carbocycles. The van der Waals surface area contributed by atoms with Gasteiger partial charge in [0.1, 0.15) is 24.0 Å². The lowest BCUT2D eigenvalue weighted by molar-refractivity contribution is -0.138. The zero-order chi connectivity index (χ0) is 16.1. The average Bonchev–Trinajstić information content (AvgIpc) is 2.46. The van der Waals surface area contributed by atoms with Crippen LogP contribution in [0.1, 0.15) is 40.0 Å². The van der Waals surface area contributed by atoms with Crippen molar-refractivity contribution in [2.24, 2.45) is 11.8 Å². The van der Waals surface area contributed by atoms with Crippen LogP contribution in [0.25, 0.3) is 0 Å². The SMILES string of the molecule is CC(C)C[C@H](Nc1cc(N2CCCC(C)C2)ncn1)C(=O)O. The van der Waals surface area contributed by atoms with Gasteiger partial charge >= 0.3 is 5.97 Å². The van der Waals surface area contributed by atoms with Gasteiger partial charge < -0.3 is 15.3 Å². The summed E-state index contributed by atoms with van der Waals surface area (Å²) >= 11 is 0. The maximum Gasteiger partial charge on any atom is 0.326 e. The van der Waals surface area contributed by atoms with Crippen molar-refractivity contribution in [3.8, 4) is 0 Å². The molecule has 22 heavy (non-hydrogen) atoms. The van der Waals surface area contributed by atoms with Gasteiger partial charge in [-0.2, -0.15) is 0 Å². The zero-order valence-electron chi connectivity index (χ0n) is 13.6. The Bertz CT molecular complexity index is 507. The van der Waals surface area contributed by atoms with Crippen molar-refractivity contribution in [1.29, 1.82) is 0 Å². The van der Waals surface area contributed by atoms with Crippen molar-refractivity contribution in [1.82, 2.24) is 9.97 Å². The molecule has 1 aromatic rings. The second-order valence-electron chi connectivity index (χ2n) is 6.62. The van der Waals surface area contributed by atoms with Gasteiger partial charge in [0.2, 0.25) is 0 Å². The highest BCUT2D eigenvalue weighted by atomic mass is 16.4. The van der Waals surface area contributed by atoms with E-state index in [-0.39, 0.29) is 0 Å². The number of anilines is 2. The van der Waals surface area contributed by atoms with Gasteiger partial charge in [-0.3, -0.25) is 0 Å². The van der Waals surface area contributed by atoms with Crippen LogP contribution in [-0.2, 0) is 4.79 Å². The molecule has 0 aliphatic carbocycles.